The maximum Gasteiger partial charge on any atom is 0.411 e. The van der Waals surface area contributed by atoms with E-state index < -0.39 is 18.2 Å². The predicted molar refractivity (Wildman–Crippen MR) is 100 cm³/mol. The Morgan fingerprint density at radius 3 is 2.42 bits per heavy atom. The van der Waals surface area contributed by atoms with Gasteiger partial charge in [0.25, 0.3) is 0 Å². The molecule has 0 aliphatic carbocycles. The molecule has 0 saturated carbocycles. The maximum absolute atomic E-state index is 12.0. The van der Waals surface area contributed by atoms with Crippen LogP contribution in [0.25, 0.3) is 0 Å². The highest BCUT2D eigenvalue weighted by Crippen LogP contribution is 2.11. The molecule has 1 amide bonds. The van der Waals surface area contributed by atoms with Crippen LogP contribution in [0.1, 0.15) is 49.9 Å². The number of hydrogen-bond donors (Lipinski definition) is 3. The summed E-state index contributed by atoms with van der Waals surface area (Å²) in [5.74, 6) is -0.519. The molecule has 1 aromatic carbocycles. The fourth-order valence-corrected chi connectivity index (χ4v) is 2.04. The molecule has 26 heavy (non-hydrogen) atoms. The first-order valence-electron chi connectivity index (χ1n) is 9.16. The first kappa shape index (κ1) is 21.9. The summed E-state index contributed by atoms with van der Waals surface area (Å²) < 4.78 is 10.1. The summed E-state index contributed by atoms with van der Waals surface area (Å²) in [6.07, 6.45) is 2.63. The van der Waals surface area contributed by atoms with Crippen molar-refractivity contribution < 1.29 is 24.2 Å². The van der Waals surface area contributed by atoms with E-state index >= 15 is 0 Å². The average Bonchev–Trinajstić information content (AvgIpc) is 2.64. The normalized spacial score (nSPS) is 11.7. The minimum absolute atomic E-state index is 0.0677. The van der Waals surface area contributed by atoms with Crippen molar-refractivity contribution in [1.29, 1.82) is 0 Å². The van der Waals surface area contributed by atoms with E-state index in [9.17, 15) is 14.7 Å². The Morgan fingerprint density at radius 2 is 1.77 bits per heavy atom. The zero-order valence-corrected chi connectivity index (χ0v) is 15.6. The number of aliphatic hydroxyl groups is 1. The molecule has 0 saturated heterocycles. The summed E-state index contributed by atoms with van der Waals surface area (Å²) in [7, 11) is 0. The first-order chi connectivity index (χ1) is 12.6. The number of nitrogens with one attached hydrogen (secondary N) is 2. The standard InChI is InChI=1S/C19H30N2O5/c1-3-5-11-20-13-17(22)14-26-18(23)15-7-9-16(10-8-15)21-19(24)25-12-6-4-2/h7-10,17,20,22H,3-6,11-14H2,1-2H3,(H,21,24). The van der Waals surface area contributed by atoms with E-state index in [4.69, 9.17) is 9.47 Å². The van der Waals surface area contributed by atoms with Crippen molar-refractivity contribution in [3.63, 3.8) is 0 Å². The van der Waals surface area contributed by atoms with Crippen LogP contribution >= 0.6 is 0 Å². The molecular formula is C19H30N2O5. The Bertz CT molecular complexity index is 533. The highest BCUT2D eigenvalue weighted by molar-refractivity contribution is 5.91. The highest BCUT2D eigenvalue weighted by Gasteiger charge is 2.11. The van der Waals surface area contributed by atoms with Gasteiger partial charge in [-0.25, -0.2) is 9.59 Å². The third kappa shape index (κ3) is 9.39. The first-order valence-corrected chi connectivity index (χ1v) is 9.16. The van der Waals surface area contributed by atoms with Crippen molar-refractivity contribution in [3.8, 4) is 0 Å². The molecule has 3 N–H and O–H groups in total. The monoisotopic (exact) mass is 366 g/mol. The number of benzene rings is 1. The number of aliphatic hydroxyl groups excluding tert-OH is 1. The molecule has 1 aromatic rings. The molecule has 7 nitrogen and oxygen atoms in total. The zero-order valence-electron chi connectivity index (χ0n) is 15.6. The third-order valence-electron chi connectivity index (χ3n) is 3.59. The Hall–Kier alpha value is -2.12. The number of unbranched alkanes of at least 4 members (excludes halogenated alkanes) is 2. The maximum atomic E-state index is 12.0. The van der Waals surface area contributed by atoms with Gasteiger partial charge in [0, 0.05) is 12.2 Å². The van der Waals surface area contributed by atoms with Crippen molar-refractivity contribution in [3.05, 3.63) is 29.8 Å². The summed E-state index contributed by atoms with van der Waals surface area (Å²) in [5.41, 5.74) is 0.879. The Balaban J connectivity index is 2.33. The lowest BCUT2D eigenvalue weighted by Gasteiger charge is -2.12. The lowest BCUT2D eigenvalue weighted by molar-refractivity contribution is 0.0259. The van der Waals surface area contributed by atoms with Crippen LogP contribution < -0.4 is 10.6 Å². The molecule has 0 heterocycles. The van der Waals surface area contributed by atoms with Crippen LogP contribution in [0.3, 0.4) is 0 Å². The van der Waals surface area contributed by atoms with Gasteiger partial charge in [0.15, 0.2) is 0 Å². The van der Waals surface area contributed by atoms with E-state index in [2.05, 4.69) is 17.6 Å². The second-order valence-electron chi connectivity index (χ2n) is 6.00. The molecule has 1 rings (SSSR count). The van der Waals surface area contributed by atoms with E-state index in [-0.39, 0.29) is 6.61 Å². The average molecular weight is 366 g/mol. The van der Waals surface area contributed by atoms with Crippen LogP contribution in [0.15, 0.2) is 24.3 Å². The number of hydrogen-bond acceptors (Lipinski definition) is 6. The SMILES string of the molecule is CCCCNCC(O)COC(=O)c1ccc(NC(=O)OCCCC)cc1. The fraction of sp³-hybridized carbons (Fsp3) is 0.579. The Labute approximate surface area is 155 Å². The van der Waals surface area contributed by atoms with Gasteiger partial charge in [0.2, 0.25) is 0 Å². The topological polar surface area (TPSA) is 96.9 Å². The van der Waals surface area contributed by atoms with Gasteiger partial charge in [0.1, 0.15) is 12.7 Å². The van der Waals surface area contributed by atoms with E-state index in [0.717, 1.165) is 32.2 Å². The smallest absolute Gasteiger partial charge is 0.411 e. The molecule has 1 atom stereocenters. The molecule has 0 fully saturated rings. The number of amides is 1. The number of carbonyl (C=O) groups excluding carboxylic acids is 2. The molecule has 0 spiro atoms. The van der Waals surface area contributed by atoms with Crippen molar-refractivity contribution in [1.82, 2.24) is 5.32 Å². The van der Waals surface area contributed by atoms with Gasteiger partial charge in [-0.05, 0) is 43.7 Å². The summed E-state index contributed by atoms with van der Waals surface area (Å²) in [6.45, 7) is 5.63. The Morgan fingerprint density at radius 1 is 1.08 bits per heavy atom. The minimum atomic E-state index is -0.741. The van der Waals surface area contributed by atoms with Crippen molar-refractivity contribution in [2.45, 2.75) is 45.6 Å². The van der Waals surface area contributed by atoms with Crippen LogP contribution in [-0.2, 0) is 9.47 Å². The van der Waals surface area contributed by atoms with Crippen LogP contribution in [0.2, 0.25) is 0 Å². The number of carbonyl (C=O) groups is 2. The lowest BCUT2D eigenvalue weighted by atomic mass is 10.2. The van der Waals surface area contributed by atoms with Gasteiger partial charge in [0.05, 0.1) is 12.2 Å². The molecular weight excluding hydrogens is 336 g/mol. The number of ether oxygens (including phenoxy) is 2. The second kappa shape index (κ2) is 13.1. The molecule has 146 valence electrons. The van der Waals surface area contributed by atoms with Crippen LogP contribution in [0.5, 0.6) is 0 Å². The number of esters is 1. The summed E-state index contributed by atoms with van der Waals surface area (Å²) >= 11 is 0. The molecule has 0 aliphatic rings. The van der Waals surface area contributed by atoms with Crippen molar-refractivity contribution in [2.75, 3.05) is 31.6 Å². The molecule has 0 bridgehead atoms. The Kier molecular flexibility index (Phi) is 11.1. The molecule has 0 aromatic heterocycles. The van der Waals surface area contributed by atoms with Crippen molar-refractivity contribution >= 4 is 17.7 Å². The molecule has 0 aliphatic heterocycles. The summed E-state index contributed by atoms with van der Waals surface area (Å²) in [5, 5.41) is 15.5. The largest absolute Gasteiger partial charge is 0.459 e. The highest BCUT2D eigenvalue weighted by atomic mass is 16.5. The van der Waals surface area contributed by atoms with E-state index in [1.165, 1.54) is 0 Å². The van der Waals surface area contributed by atoms with Gasteiger partial charge < -0.3 is 19.9 Å². The van der Waals surface area contributed by atoms with E-state index in [0.29, 0.717) is 24.4 Å². The summed E-state index contributed by atoms with van der Waals surface area (Å²) in [6, 6.07) is 6.30. The zero-order chi connectivity index (χ0) is 19.2. The van der Waals surface area contributed by atoms with Crippen LogP contribution in [0.4, 0.5) is 10.5 Å². The van der Waals surface area contributed by atoms with E-state index in [1.807, 2.05) is 6.92 Å². The van der Waals surface area contributed by atoms with Crippen molar-refractivity contribution in [2.24, 2.45) is 0 Å². The number of anilines is 1. The van der Waals surface area contributed by atoms with Gasteiger partial charge in [-0.2, -0.15) is 0 Å². The second-order valence-corrected chi connectivity index (χ2v) is 6.00. The van der Waals surface area contributed by atoms with Gasteiger partial charge in [-0.15, -0.1) is 0 Å². The lowest BCUT2D eigenvalue weighted by Crippen LogP contribution is -2.31. The van der Waals surface area contributed by atoms with Gasteiger partial charge in [-0.3, -0.25) is 5.32 Å². The fourth-order valence-electron chi connectivity index (χ4n) is 2.04. The van der Waals surface area contributed by atoms with Gasteiger partial charge in [-0.1, -0.05) is 26.7 Å². The molecule has 7 heteroatoms. The van der Waals surface area contributed by atoms with E-state index in [1.54, 1.807) is 24.3 Å². The summed E-state index contributed by atoms with van der Waals surface area (Å²) in [4.78, 5) is 23.5. The van der Waals surface area contributed by atoms with Crippen LogP contribution in [-0.4, -0.2) is 49.6 Å². The van der Waals surface area contributed by atoms with Gasteiger partial charge >= 0.3 is 12.1 Å². The number of rotatable bonds is 12. The third-order valence-corrected chi connectivity index (χ3v) is 3.59. The minimum Gasteiger partial charge on any atom is -0.459 e. The quantitative estimate of drug-likeness (QED) is 0.389. The van der Waals surface area contributed by atoms with Crippen LogP contribution in [0, 0.1) is 0 Å². The molecule has 1 unspecified atom stereocenters. The predicted octanol–water partition coefficient (Wildman–Crippen LogP) is 2.94. The molecule has 0 radical (unpaired) electrons.